The third-order valence-electron chi connectivity index (χ3n) is 8.41. The van der Waals surface area contributed by atoms with E-state index in [0.717, 1.165) is 35.3 Å². The van der Waals surface area contributed by atoms with E-state index in [2.05, 4.69) is 50.9 Å². The number of carbonyl (C=O) groups excluding carboxylic acids is 1. The highest BCUT2D eigenvalue weighted by Crippen LogP contribution is 2.50. The molecule has 0 aliphatic carbocycles. The third kappa shape index (κ3) is 3.52. The molecule has 0 radical (unpaired) electrons. The molecule has 0 bridgehead atoms. The number of rotatable bonds is 2. The lowest BCUT2D eigenvalue weighted by atomic mass is 9.65. The molecule has 0 N–H and O–H groups in total. The highest BCUT2D eigenvalue weighted by atomic mass is 79.9. The Morgan fingerprint density at radius 2 is 1.82 bits per heavy atom. The van der Waals surface area contributed by atoms with Crippen molar-refractivity contribution in [3.63, 3.8) is 0 Å². The van der Waals surface area contributed by atoms with E-state index in [1.54, 1.807) is 5.01 Å². The minimum atomic E-state index is -0.651. The standard InChI is InChI=1S/C27H30BrClN4O/c1-18-27(26(34)33(30-18)22-8-6-21(29)7-9-22)17-19-15-20(28)5-10-24(19)32-14-11-23(16-25(27)32)31-12-3-2-4-13-31/h5-10,15,23,25H,2-4,11-14,16-17H2,1H3/t23-,25+,27-/m1/s1. The lowest BCUT2D eigenvalue weighted by molar-refractivity contribution is -0.125. The Labute approximate surface area is 214 Å². The van der Waals surface area contributed by atoms with Crippen LogP contribution >= 0.6 is 27.5 Å². The van der Waals surface area contributed by atoms with E-state index in [9.17, 15) is 4.79 Å². The first-order chi connectivity index (χ1) is 16.5. The highest BCUT2D eigenvalue weighted by molar-refractivity contribution is 9.10. The number of benzene rings is 2. The molecular weight excluding hydrogens is 512 g/mol. The number of hydrogen-bond donors (Lipinski definition) is 0. The minimum absolute atomic E-state index is 0.0900. The van der Waals surface area contributed by atoms with E-state index in [-0.39, 0.29) is 11.9 Å². The molecule has 0 unspecified atom stereocenters. The van der Waals surface area contributed by atoms with Crippen LogP contribution in [-0.2, 0) is 11.2 Å². The summed E-state index contributed by atoms with van der Waals surface area (Å²) in [7, 11) is 0. The van der Waals surface area contributed by atoms with E-state index < -0.39 is 5.41 Å². The van der Waals surface area contributed by atoms with Gasteiger partial charge in [-0.1, -0.05) is 34.0 Å². The number of fused-ring (bicyclic) bond motifs is 4. The van der Waals surface area contributed by atoms with Gasteiger partial charge >= 0.3 is 0 Å². The molecule has 2 fully saturated rings. The van der Waals surface area contributed by atoms with Gasteiger partial charge in [0.25, 0.3) is 5.91 Å². The van der Waals surface area contributed by atoms with E-state index >= 15 is 0 Å². The number of halogens is 2. The van der Waals surface area contributed by atoms with Crippen LogP contribution < -0.4 is 9.91 Å². The van der Waals surface area contributed by atoms with Crippen molar-refractivity contribution < 1.29 is 4.79 Å². The van der Waals surface area contributed by atoms with Crippen molar-refractivity contribution in [2.75, 3.05) is 29.5 Å². The Morgan fingerprint density at radius 1 is 1.06 bits per heavy atom. The summed E-state index contributed by atoms with van der Waals surface area (Å²) in [6, 6.07) is 14.6. The number of likely N-dealkylation sites (tertiary alicyclic amines) is 1. The maximum Gasteiger partial charge on any atom is 0.261 e. The van der Waals surface area contributed by atoms with Crippen molar-refractivity contribution in [1.82, 2.24) is 4.90 Å². The van der Waals surface area contributed by atoms with E-state index in [0.29, 0.717) is 17.5 Å². The van der Waals surface area contributed by atoms with Crippen LogP contribution in [0, 0.1) is 5.41 Å². The van der Waals surface area contributed by atoms with Gasteiger partial charge in [-0.15, -0.1) is 0 Å². The molecule has 3 atom stereocenters. The minimum Gasteiger partial charge on any atom is -0.367 e. The molecule has 34 heavy (non-hydrogen) atoms. The fraction of sp³-hybridized carbons (Fsp3) is 0.481. The highest BCUT2D eigenvalue weighted by Gasteiger charge is 2.60. The molecule has 1 amide bonds. The molecule has 2 aromatic carbocycles. The molecule has 6 rings (SSSR count). The van der Waals surface area contributed by atoms with Gasteiger partial charge in [0.1, 0.15) is 5.41 Å². The SMILES string of the molecule is CC1=NN(c2ccc(Cl)cc2)C(=O)[C@]12Cc1cc(Br)ccc1N1CC[C@@H](N3CCCCC3)C[C@H]12. The van der Waals surface area contributed by atoms with Crippen LogP contribution in [-0.4, -0.2) is 48.2 Å². The van der Waals surface area contributed by atoms with Gasteiger partial charge < -0.3 is 9.80 Å². The Kier molecular flexibility index (Phi) is 5.74. The predicted octanol–water partition coefficient (Wildman–Crippen LogP) is 5.89. The second-order valence-electron chi connectivity index (χ2n) is 10.2. The molecular formula is C27H30BrClN4O. The van der Waals surface area contributed by atoms with Gasteiger partial charge in [-0.2, -0.15) is 10.1 Å². The van der Waals surface area contributed by atoms with Crippen molar-refractivity contribution in [1.29, 1.82) is 0 Å². The van der Waals surface area contributed by atoms with Gasteiger partial charge in [0.15, 0.2) is 0 Å². The lowest BCUT2D eigenvalue weighted by Gasteiger charge is -2.54. The Bertz CT molecular complexity index is 1150. The Hall–Kier alpha value is -1.89. The van der Waals surface area contributed by atoms with Crippen LogP contribution in [0.25, 0.3) is 0 Å². The first kappa shape index (κ1) is 22.6. The normalized spacial score (nSPS) is 29.3. The smallest absolute Gasteiger partial charge is 0.261 e. The summed E-state index contributed by atoms with van der Waals surface area (Å²) in [6.45, 7) is 5.40. The molecule has 0 saturated carbocycles. The van der Waals surface area contributed by atoms with Gasteiger partial charge in [-0.05, 0) is 100 Å². The number of nitrogens with zero attached hydrogens (tertiary/aromatic N) is 4. The van der Waals surface area contributed by atoms with Crippen LogP contribution in [0.5, 0.6) is 0 Å². The largest absolute Gasteiger partial charge is 0.367 e. The van der Waals surface area contributed by atoms with Gasteiger partial charge in [-0.25, -0.2) is 0 Å². The number of hydrogen-bond acceptors (Lipinski definition) is 4. The van der Waals surface area contributed by atoms with Gasteiger partial charge in [0.05, 0.1) is 17.4 Å². The zero-order valence-corrected chi connectivity index (χ0v) is 21.9. The summed E-state index contributed by atoms with van der Waals surface area (Å²) in [5.41, 5.74) is 3.55. The Morgan fingerprint density at radius 3 is 2.59 bits per heavy atom. The second-order valence-corrected chi connectivity index (χ2v) is 11.5. The van der Waals surface area contributed by atoms with Crippen LogP contribution in [0.1, 0.15) is 44.6 Å². The van der Waals surface area contributed by atoms with Crippen molar-refractivity contribution in [2.45, 2.75) is 57.5 Å². The molecule has 4 aliphatic heterocycles. The fourth-order valence-electron chi connectivity index (χ4n) is 6.68. The molecule has 7 heteroatoms. The fourth-order valence-corrected chi connectivity index (χ4v) is 7.22. The molecule has 5 nitrogen and oxygen atoms in total. The quantitative estimate of drug-likeness (QED) is 0.476. The molecule has 1 spiro atoms. The van der Waals surface area contributed by atoms with Gasteiger partial charge in [-0.3, -0.25) is 4.79 Å². The van der Waals surface area contributed by atoms with Gasteiger partial charge in [0, 0.05) is 27.8 Å². The number of amides is 1. The molecule has 0 aromatic heterocycles. The summed E-state index contributed by atoms with van der Waals surface area (Å²) in [5, 5.41) is 7.16. The van der Waals surface area contributed by atoms with Crippen molar-refractivity contribution in [3.8, 4) is 0 Å². The van der Waals surface area contributed by atoms with Crippen LogP contribution in [0.4, 0.5) is 11.4 Å². The molecule has 2 saturated heterocycles. The topological polar surface area (TPSA) is 39.2 Å². The first-order valence-electron chi connectivity index (χ1n) is 12.4. The summed E-state index contributed by atoms with van der Waals surface area (Å²) >= 11 is 9.78. The van der Waals surface area contributed by atoms with Crippen molar-refractivity contribution in [2.24, 2.45) is 10.5 Å². The summed E-state index contributed by atoms with van der Waals surface area (Å²) < 4.78 is 1.05. The maximum absolute atomic E-state index is 14.3. The summed E-state index contributed by atoms with van der Waals surface area (Å²) in [6.07, 6.45) is 6.75. The third-order valence-corrected chi connectivity index (χ3v) is 9.16. The summed E-state index contributed by atoms with van der Waals surface area (Å²) in [4.78, 5) is 19.5. The lowest BCUT2D eigenvalue weighted by Crippen LogP contribution is -2.64. The molecule has 4 aliphatic rings. The second kappa shape index (κ2) is 8.65. The van der Waals surface area contributed by atoms with E-state index in [1.165, 1.54) is 43.6 Å². The molecule has 4 heterocycles. The Balaban J connectivity index is 1.42. The number of hydrazone groups is 1. The zero-order valence-electron chi connectivity index (χ0n) is 19.5. The average molecular weight is 542 g/mol. The van der Waals surface area contributed by atoms with Crippen LogP contribution in [0.3, 0.4) is 0 Å². The van der Waals surface area contributed by atoms with E-state index in [4.69, 9.17) is 16.7 Å². The summed E-state index contributed by atoms with van der Waals surface area (Å²) in [5.74, 6) is 0.0900. The van der Waals surface area contributed by atoms with Crippen molar-refractivity contribution >= 4 is 50.5 Å². The zero-order chi connectivity index (χ0) is 23.4. The number of anilines is 2. The number of piperidine rings is 2. The predicted molar refractivity (Wildman–Crippen MR) is 142 cm³/mol. The monoisotopic (exact) mass is 540 g/mol. The van der Waals surface area contributed by atoms with Crippen molar-refractivity contribution in [3.05, 3.63) is 57.5 Å². The number of carbonyl (C=O) groups is 1. The first-order valence-corrected chi connectivity index (χ1v) is 13.6. The van der Waals surface area contributed by atoms with E-state index in [1.807, 2.05) is 24.3 Å². The average Bonchev–Trinajstić information content (AvgIpc) is 3.10. The van der Waals surface area contributed by atoms with Crippen LogP contribution in [0.15, 0.2) is 52.0 Å². The maximum atomic E-state index is 14.3. The van der Waals surface area contributed by atoms with Crippen LogP contribution in [0.2, 0.25) is 5.02 Å². The molecule has 178 valence electrons. The molecule has 2 aromatic rings. The van der Waals surface area contributed by atoms with Gasteiger partial charge in [0.2, 0.25) is 0 Å².